The lowest BCUT2D eigenvalue weighted by Crippen LogP contribution is -2.21. The first-order valence-electron chi connectivity index (χ1n) is 8.48. The Labute approximate surface area is 179 Å². The van der Waals surface area contributed by atoms with Gasteiger partial charge in [-0.2, -0.15) is 13.2 Å². The average molecular weight is 471 g/mol. The molecule has 0 aromatic carbocycles. The van der Waals surface area contributed by atoms with Gasteiger partial charge in [-0.1, -0.05) is 0 Å². The van der Waals surface area contributed by atoms with Crippen LogP contribution >= 0.6 is 0 Å². The third-order valence-corrected chi connectivity index (χ3v) is 4.92. The predicted octanol–water partition coefficient (Wildman–Crippen LogP) is 1.98. The molecule has 1 amide bonds. The second-order valence-electron chi connectivity index (χ2n) is 6.34. The summed E-state index contributed by atoms with van der Waals surface area (Å²) < 4.78 is 55.1. The second kappa shape index (κ2) is 9.13. The molecule has 10 nitrogen and oxygen atoms in total. The van der Waals surface area contributed by atoms with Crippen LogP contribution in [0.5, 0.6) is 0 Å². The van der Waals surface area contributed by atoms with E-state index < -0.39 is 27.9 Å². The number of nitrogens with zero attached hydrogens (tertiary/aromatic N) is 3. The van der Waals surface area contributed by atoms with Crippen LogP contribution < -0.4 is 5.73 Å². The number of alkyl halides is 3. The molecule has 0 saturated carbocycles. The van der Waals surface area contributed by atoms with Crippen molar-refractivity contribution >= 4 is 21.7 Å². The fourth-order valence-electron chi connectivity index (χ4n) is 2.34. The van der Waals surface area contributed by atoms with Crippen molar-refractivity contribution in [3.8, 4) is 22.6 Å². The molecule has 0 bridgehead atoms. The van der Waals surface area contributed by atoms with E-state index in [9.17, 15) is 26.4 Å². The molecular formula is C18H16F3N5O5S. The number of amides is 1. The topological polar surface area (TPSA) is 169 Å². The van der Waals surface area contributed by atoms with E-state index in [2.05, 4.69) is 19.9 Å². The molecule has 3 rings (SSSR count). The highest BCUT2D eigenvalue weighted by atomic mass is 32.2. The Morgan fingerprint density at radius 1 is 1.16 bits per heavy atom. The summed E-state index contributed by atoms with van der Waals surface area (Å²) in [6.07, 6.45) is 0.480. The molecule has 3 heterocycles. The van der Waals surface area contributed by atoms with Gasteiger partial charge in [-0.3, -0.25) is 14.8 Å². The summed E-state index contributed by atoms with van der Waals surface area (Å²) >= 11 is 0. The number of aromatic nitrogens is 4. The molecule has 0 fully saturated rings. The number of carboxylic acid groups (broad SMARTS) is 1. The molecule has 0 aliphatic heterocycles. The predicted molar refractivity (Wildman–Crippen MR) is 105 cm³/mol. The number of carbonyl (C=O) groups excluding carboxylic acids is 1. The van der Waals surface area contributed by atoms with E-state index in [1.807, 2.05) is 0 Å². The van der Waals surface area contributed by atoms with Gasteiger partial charge in [0.2, 0.25) is 0 Å². The van der Waals surface area contributed by atoms with Crippen LogP contribution in [0.2, 0.25) is 0 Å². The second-order valence-corrected chi connectivity index (χ2v) is 8.35. The molecule has 0 aliphatic rings. The summed E-state index contributed by atoms with van der Waals surface area (Å²) in [6, 6.07) is 5.01. The van der Waals surface area contributed by atoms with Crippen LogP contribution in [0.4, 0.5) is 13.2 Å². The quantitative estimate of drug-likeness (QED) is 0.519. The molecule has 32 heavy (non-hydrogen) atoms. The molecule has 3 aromatic heterocycles. The summed E-state index contributed by atoms with van der Waals surface area (Å²) in [5, 5.41) is 7.12. The molecule has 3 aromatic rings. The lowest BCUT2D eigenvalue weighted by Gasteiger charge is -2.05. The first-order chi connectivity index (χ1) is 14.7. The van der Waals surface area contributed by atoms with E-state index in [-0.39, 0.29) is 10.6 Å². The van der Waals surface area contributed by atoms with Crippen molar-refractivity contribution in [3.05, 3.63) is 48.2 Å². The monoisotopic (exact) mass is 471 g/mol. The number of H-pyrrole nitrogens is 1. The van der Waals surface area contributed by atoms with Gasteiger partial charge in [0, 0.05) is 36.1 Å². The number of nitrogens with one attached hydrogen (secondary N) is 1. The zero-order valence-electron chi connectivity index (χ0n) is 16.5. The van der Waals surface area contributed by atoms with Gasteiger partial charge in [-0.05, 0) is 30.7 Å². The van der Waals surface area contributed by atoms with Gasteiger partial charge in [0.05, 0.1) is 4.90 Å². The molecule has 0 radical (unpaired) electrons. The number of sulfone groups is 1. The van der Waals surface area contributed by atoms with E-state index >= 15 is 0 Å². The van der Waals surface area contributed by atoms with Gasteiger partial charge in [-0.25, -0.2) is 18.2 Å². The van der Waals surface area contributed by atoms with Crippen LogP contribution in [0.1, 0.15) is 16.2 Å². The Bertz CT molecular complexity index is 1270. The number of aromatic amines is 1. The van der Waals surface area contributed by atoms with Gasteiger partial charge in [0.15, 0.2) is 15.7 Å². The van der Waals surface area contributed by atoms with E-state index in [0.29, 0.717) is 22.8 Å². The van der Waals surface area contributed by atoms with Gasteiger partial charge in [-0.15, -0.1) is 0 Å². The van der Waals surface area contributed by atoms with Gasteiger partial charge < -0.3 is 15.8 Å². The van der Waals surface area contributed by atoms with Crippen molar-refractivity contribution in [2.75, 3.05) is 6.26 Å². The lowest BCUT2D eigenvalue weighted by molar-refractivity contribution is -0.192. The molecule has 0 atom stereocenters. The summed E-state index contributed by atoms with van der Waals surface area (Å²) in [5.41, 5.74) is 7.83. The van der Waals surface area contributed by atoms with Crippen LogP contribution in [0.15, 0.2) is 41.7 Å². The molecule has 0 saturated heterocycles. The maximum absolute atomic E-state index is 11.7. The molecule has 0 aliphatic carbocycles. The number of primary amides is 1. The number of hydrogen-bond donors (Lipinski definition) is 3. The van der Waals surface area contributed by atoms with Gasteiger partial charge in [0.1, 0.15) is 11.4 Å². The Hall–Kier alpha value is -3.81. The van der Waals surface area contributed by atoms with Crippen molar-refractivity contribution in [1.29, 1.82) is 0 Å². The van der Waals surface area contributed by atoms with E-state index in [4.69, 9.17) is 15.6 Å². The maximum atomic E-state index is 11.7. The normalized spacial score (nSPS) is 11.4. The number of imidazole rings is 1. The minimum Gasteiger partial charge on any atom is -0.475 e. The van der Waals surface area contributed by atoms with Crippen LogP contribution in [0.3, 0.4) is 0 Å². The zero-order valence-corrected chi connectivity index (χ0v) is 17.3. The number of nitrogens with two attached hydrogens (primary N) is 1. The van der Waals surface area contributed by atoms with E-state index in [1.54, 1.807) is 37.5 Å². The minimum absolute atomic E-state index is 0.133. The number of rotatable bonds is 4. The van der Waals surface area contributed by atoms with Gasteiger partial charge >= 0.3 is 12.1 Å². The molecule has 14 heteroatoms. The highest BCUT2D eigenvalue weighted by Gasteiger charge is 2.38. The summed E-state index contributed by atoms with van der Waals surface area (Å²) in [7, 11) is -3.36. The van der Waals surface area contributed by atoms with Crippen LogP contribution in [-0.4, -0.2) is 57.8 Å². The standard InChI is InChI=1S/C16H15N5O3S.C2HF3O2/c1-9-14(15(17)22)21-16(20-9)13-6-10(3-4-19-13)11-5-12(8-18-7-11)25(2,23)24;3-2(4,5)1(6)7/h3-8H,1-2H3,(H2,17,22)(H,20,21);(H,6,7). The fourth-order valence-corrected chi connectivity index (χ4v) is 2.93. The van der Waals surface area contributed by atoms with Crippen molar-refractivity contribution in [2.45, 2.75) is 18.0 Å². The highest BCUT2D eigenvalue weighted by Crippen LogP contribution is 2.25. The Morgan fingerprint density at radius 2 is 1.78 bits per heavy atom. The molecule has 0 spiro atoms. The van der Waals surface area contributed by atoms with Crippen molar-refractivity contribution in [3.63, 3.8) is 0 Å². The van der Waals surface area contributed by atoms with Crippen LogP contribution in [0.25, 0.3) is 22.6 Å². The third kappa shape index (κ3) is 6.10. The molecule has 4 N–H and O–H groups in total. The summed E-state index contributed by atoms with van der Waals surface area (Å²) in [4.78, 5) is 35.7. The fraction of sp³-hybridized carbons (Fsp3) is 0.167. The van der Waals surface area contributed by atoms with Crippen molar-refractivity contribution in [2.24, 2.45) is 5.73 Å². The average Bonchev–Trinajstić information content (AvgIpc) is 3.09. The number of carbonyl (C=O) groups is 2. The maximum Gasteiger partial charge on any atom is 0.490 e. The molecule has 0 unspecified atom stereocenters. The number of carboxylic acids is 1. The number of hydrogen-bond acceptors (Lipinski definition) is 7. The van der Waals surface area contributed by atoms with Crippen molar-refractivity contribution < 1.29 is 36.3 Å². The Balaban J connectivity index is 0.000000451. The van der Waals surface area contributed by atoms with E-state index in [0.717, 1.165) is 11.8 Å². The summed E-state index contributed by atoms with van der Waals surface area (Å²) in [5.74, 6) is -2.98. The lowest BCUT2D eigenvalue weighted by atomic mass is 10.1. The molecule has 170 valence electrons. The molecular weight excluding hydrogens is 455 g/mol. The van der Waals surface area contributed by atoms with Crippen LogP contribution in [-0.2, 0) is 14.6 Å². The Morgan fingerprint density at radius 3 is 2.28 bits per heavy atom. The largest absolute Gasteiger partial charge is 0.490 e. The first kappa shape index (κ1) is 24.5. The van der Waals surface area contributed by atoms with Crippen LogP contribution in [0, 0.1) is 6.92 Å². The summed E-state index contributed by atoms with van der Waals surface area (Å²) in [6.45, 7) is 1.69. The number of pyridine rings is 2. The Kier molecular flexibility index (Phi) is 6.98. The SMILES string of the molecule is Cc1[nH]c(-c2cc(-c3cncc(S(C)(=O)=O)c3)ccn2)nc1C(N)=O.O=C(O)C(F)(F)F. The smallest absolute Gasteiger partial charge is 0.475 e. The number of halogens is 3. The highest BCUT2D eigenvalue weighted by molar-refractivity contribution is 7.90. The minimum atomic E-state index is -5.08. The third-order valence-electron chi connectivity index (χ3n) is 3.84. The van der Waals surface area contributed by atoms with Crippen molar-refractivity contribution in [1.82, 2.24) is 19.9 Å². The zero-order chi connectivity index (χ0) is 24.3. The number of aliphatic carboxylic acids is 1. The van der Waals surface area contributed by atoms with E-state index in [1.165, 1.54) is 6.20 Å². The first-order valence-corrected chi connectivity index (χ1v) is 10.4. The van der Waals surface area contributed by atoms with Gasteiger partial charge in [0.25, 0.3) is 5.91 Å². The number of aryl methyl sites for hydroxylation is 1.